The summed E-state index contributed by atoms with van der Waals surface area (Å²) in [7, 11) is 0. The first-order valence-electron chi connectivity index (χ1n) is 3.15. The Morgan fingerprint density at radius 3 is 2.45 bits per heavy atom. The molecular weight excluding hydrogens is 210 g/mol. The number of hydrogen-bond acceptors (Lipinski definition) is 2. The molecule has 5 heteroatoms. The van der Waals surface area contributed by atoms with E-state index >= 15 is 0 Å². The average Bonchev–Trinajstić information content (AvgIpc) is 2.08. The van der Waals surface area contributed by atoms with Crippen molar-refractivity contribution in [1.82, 2.24) is 0 Å². The van der Waals surface area contributed by atoms with Crippen molar-refractivity contribution < 1.29 is 9.53 Å². The van der Waals surface area contributed by atoms with Crippen LogP contribution in [0.5, 0.6) is 0 Å². The third kappa shape index (κ3) is 1.58. The van der Waals surface area contributed by atoms with Crippen molar-refractivity contribution in [2.24, 2.45) is 5.92 Å². The molecule has 1 heterocycles. The van der Waals surface area contributed by atoms with E-state index in [1.54, 1.807) is 6.92 Å². The summed E-state index contributed by atoms with van der Waals surface area (Å²) in [4.78, 5) is 10.9. The molecule has 2 unspecified atom stereocenters. The first kappa shape index (κ1) is 9.43. The largest absolute Gasteiger partial charge is 0.463 e. The standard InChI is InChI=1S/C6H7Cl3O2/c1-3(7)4-2-11-5(10)6(4,8)9/h3-4H,2H2,1H3. The van der Waals surface area contributed by atoms with Gasteiger partial charge in [-0.25, -0.2) is 4.79 Å². The number of carbonyl (C=O) groups excluding carboxylic acids is 1. The lowest BCUT2D eigenvalue weighted by Crippen LogP contribution is -2.32. The first-order chi connectivity index (χ1) is 4.96. The molecule has 0 amide bonds. The van der Waals surface area contributed by atoms with Gasteiger partial charge in [0, 0.05) is 5.38 Å². The van der Waals surface area contributed by atoms with Crippen molar-refractivity contribution >= 4 is 40.8 Å². The summed E-state index contributed by atoms with van der Waals surface area (Å²) in [6.45, 7) is 1.93. The van der Waals surface area contributed by atoms with Gasteiger partial charge in [-0.05, 0) is 6.92 Å². The lowest BCUT2D eigenvalue weighted by atomic mass is 10.1. The molecule has 1 fully saturated rings. The molecule has 0 radical (unpaired) electrons. The van der Waals surface area contributed by atoms with E-state index in [0.717, 1.165) is 0 Å². The third-order valence-electron chi connectivity index (χ3n) is 1.69. The minimum Gasteiger partial charge on any atom is -0.463 e. The van der Waals surface area contributed by atoms with Gasteiger partial charge >= 0.3 is 5.97 Å². The Bertz CT molecular complexity index is 179. The number of hydrogen-bond donors (Lipinski definition) is 0. The summed E-state index contributed by atoms with van der Waals surface area (Å²) in [5.41, 5.74) is 0. The van der Waals surface area contributed by atoms with Gasteiger partial charge in [-0.2, -0.15) is 0 Å². The van der Waals surface area contributed by atoms with Gasteiger partial charge in [-0.1, -0.05) is 23.2 Å². The molecule has 1 saturated heterocycles. The molecule has 2 nitrogen and oxygen atoms in total. The fraction of sp³-hybridized carbons (Fsp3) is 0.833. The van der Waals surface area contributed by atoms with Gasteiger partial charge < -0.3 is 4.74 Å². The number of esters is 1. The van der Waals surface area contributed by atoms with Gasteiger partial charge in [0.25, 0.3) is 0 Å². The highest BCUT2D eigenvalue weighted by Crippen LogP contribution is 2.40. The summed E-state index contributed by atoms with van der Waals surface area (Å²) in [6, 6.07) is 0. The maximum atomic E-state index is 10.9. The number of alkyl halides is 3. The van der Waals surface area contributed by atoms with Crippen LogP contribution in [0.1, 0.15) is 6.92 Å². The smallest absolute Gasteiger partial charge is 0.343 e. The Morgan fingerprint density at radius 1 is 1.73 bits per heavy atom. The Kier molecular flexibility index (Phi) is 2.57. The fourth-order valence-corrected chi connectivity index (χ4v) is 1.94. The summed E-state index contributed by atoms with van der Waals surface area (Å²) in [5.74, 6) is -0.918. The molecule has 1 aliphatic rings. The predicted octanol–water partition coefficient (Wildman–Crippen LogP) is 1.96. The molecule has 0 aromatic rings. The summed E-state index contributed by atoms with van der Waals surface area (Å²) >= 11 is 17.1. The van der Waals surface area contributed by atoms with Gasteiger partial charge in [0.15, 0.2) is 0 Å². The van der Waals surface area contributed by atoms with Gasteiger partial charge in [-0.15, -0.1) is 11.6 Å². The second-order valence-electron chi connectivity index (χ2n) is 2.51. The monoisotopic (exact) mass is 216 g/mol. The molecule has 64 valence electrons. The van der Waals surface area contributed by atoms with Gasteiger partial charge in [0.05, 0.1) is 12.5 Å². The van der Waals surface area contributed by atoms with Crippen LogP contribution in [0.25, 0.3) is 0 Å². The number of ether oxygens (including phenoxy) is 1. The number of halogens is 3. The van der Waals surface area contributed by atoms with Crippen LogP contribution in [-0.4, -0.2) is 22.3 Å². The Hall–Kier alpha value is 0.340. The van der Waals surface area contributed by atoms with Crippen LogP contribution >= 0.6 is 34.8 Å². The topological polar surface area (TPSA) is 26.3 Å². The molecule has 0 N–H and O–H groups in total. The Morgan fingerprint density at radius 2 is 2.27 bits per heavy atom. The Labute approximate surface area is 79.7 Å². The van der Waals surface area contributed by atoms with Crippen molar-refractivity contribution in [3.63, 3.8) is 0 Å². The second-order valence-corrected chi connectivity index (χ2v) is 4.58. The normalized spacial score (nSPS) is 31.6. The van der Waals surface area contributed by atoms with E-state index in [0.29, 0.717) is 0 Å². The summed E-state index contributed by atoms with van der Waals surface area (Å²) in [6.07, 6.45) is 0. The van der Waals surface area contributed by atoms with E-state index in [9.17, 15) is 4.79 Å². The molecule has 0 spiro atoms. The highest BCUT2D eigenvalue weighted by Gasteiger charge is 2.51. The van der Waals surface area contributed by atoms with Crippen LogP contribution in [0.2, 0.25) is 0 Å². The first-order valence-corrected chi connectivity index (χ1v) is 4.34. The zero-order valence-electron chi connectivity index (χ0n) is 5.81. The van der Waals surface area contributed by atoms with E-state index < -0.39 is 10.3 Å². The van der Waals surface area contributed by atoms with Crippen molar-refractivity contribution in [1.29, 1.82) is 0 Å². The van der Waals surface area contributed by atoms with E-state index in [1.165, 1.54) is 0 Å². The maximum absolute atomic E-state index is 10.9. The molecule has 0 aromatic heterocycles. The van der Waals surface area contributed by atoms with E-state index in [2.05, 4.69) is 4.74 Å². The second kappa shape index (κ2) is 3.00. The van der Waals surface area contributed by atoms with E-state index in [4.69, 9.17) is 34.8 Å². The lowest BCUT2D eigenvalue weighted by Gasteiger charge is -2.18. The average molecular weight is 217 g/mol. The van der Waals surface area contributed by atoms with E-state index in [-0.39, 0.29) is 17.9 Å². The molecule has 0 bridgehead atoms. The molecule has 0 aliphatic carbocycles. The SMILES string of the molecule is CC(Cl)C1COC(=O)C1(Cl)Cl. The minimum absolute atomic E-state index is 0.205. The highest BCUT2D eigenvalue weighted by atomic mass is 35.5. The molecule has 1 aliphatic heterocycles. The van der Waals surface area contributed by atoms with Crippen molar-refractivity contribution in [3.05, 3.63) is 0 Å². The molecule has 11 heavy (non-hydrogen) atoms. The molecule has 2 atom stereocenters. The summed E-state index contributed by atoms with van der Waals surface area (Å²) < 4.78 is 3.20. The van der Waals surface area contributed by atoms with E-state index in [1.807, 2.05) is 0 Å². The van der Waals surface area contributed by atoms with Gasteiger partial charge in [0.2, 0.25) is 4.33 Å². The number of rotatable bonds is 1. The zero-order chi connectivity index (χ0) is 8.65. The zero-order valence-corrected chi connectivity index (χ0v) is 8.08. The van der Waals surface area contributed by atoms with Crippen LogP contribution in [0.15, 0.2) is 0 Å². The fourth-order valence-electron chi connectivity index (χ4n) is 0.939. The van der Waals surface area contributed by atoms with Gasteiger partial charge in [-0.3, -0.25) is 0 Å². The van der Waals surface area contributed by atoms with Crippen LogP contribution in [0.4, 0.5) is 0 Å². The van der Waals surface area contributed by atoms with Crippen LogP contribution < -0.4 is 0 Å². The molecule has 0 aromatic carbocycles. The molecule has 0 saturated carbocycles. The van der Waals surface area contributed by atoms with Crippen LogP contribution in [-0.2, 0) is 9.53 Å². The van der Waals surface area contributed by atoms with Crippen molar-refractivity contribution in [2.45, 2.75) is 16.6 Å². The summed E-state index contributed by atoms with van der Waals surface area (Å²) in [5, 5.41) is -0.267. The van der Waals surface area contributed by atoms with Crippen LogP contribution in [0.3, 0.4) is 0 Å². The number of carbonyl (C=O) groups is 1. The molecular formula is C6H7Cl3O2. The Balaban J connectivity index is 2.78. The third-order valence-corrected chi connectivity index (χ3v) is 2.86. The quantitative estimate of drug-likeness (QED) is 0.496. The molecule has 1 rings (SSSR count). The highest BCUT2D eigenvalue weighted by molar-refractivity contribution is 6.58. The van der Waals surface area contributed by atoms with Crippen molar-refractivity contribution in [3.8, 4) is 0 Å². The maximum Gasteiger partial charge on any atom is 0.343 e. The lowest BCUT2D eigenvalue weighted by molar-refractivity contribution is -0.138. The number of cyclic esters (lactones) is 1. The minimum atomic E-state index is -1.46. The predicted molar refractivity (Wildman–Crippen MR) is 44.2 cm³/mol. The van der Waals surface area contributed by atoms with Gasteiger partial charge in [0.1, 0.15) is 0 Å². The van der Waals surface area contributed by atoms with Crippen LogP contribution in [0, 0.1) is 5.92 Å². The van der Waals surface area contributed by atoms with Crippen molar-refractivity contribution in [2.75, 3.05) is 6.61 Å².